The number of amides is 1. The van der Waals surface area contributed by atoms with Gasteiger partial charge in [-0.1, -0.05) is 9.24 Å². The molecule has 0 aliphatic heterocycles. The minimum absolute atomic E-state index is 0.0105. The molecule has 0 bridgehead atoms. The van der Waals surface area contributed by atoms with Crippen molar-refractivity contribution < 1.29 is 9.59 Å². The highest BCUT2D eigenvalue weighted by Crippen LogP contribution is 2.17. The zero-order valence-electron chi connectivity index (χ0n) is 12.7. The van der Waals surface area contributed by atoms with Crippen molar-refractivity contribution in [1.82, 2.24) is 29.7 Å². The van der Waals surface area contributed by atoms with Gasteiger partial charge >= 0.3 is 0 Å². The molecule has 23 heavy (non-hydrogen) atoms. The van der Waals surface area contributed by atoms with Gasteiger partial charge in [-0.2, -0.15) is 9.97 Å². The molecule has 0 aliphatic carbocycles. The van der Waals surface area contributed by atoms with Gasteiger partial charge in [0.1, 0.15) is 12.1 Å². The maximum atomic E-state index is 12.4. The van der Waals surface area contributed by atoms with Gasteiger partial charge in [0.25, 0.3) is 0 Å². The molecule has 1 atom stereocenters. The minimum atomic E-state index is -0.230. The van der Waals surface area contributed by atoms with E-state index in [2.05, 4.69) is 29.5 Å². The first-order valence-electron chi connectivity index (χ1n) is 6.87. The number of fused-ring (bicyclic) bond motifs is 1. The molecule has 124 valence electrons. The maximum Gasteiger partial charge on any atom is 0.243 e. The fourth-order valence-electron chi connectivity index (χ4n) is 2.07. The van der Waals surface area contributed by atoms with Gasteiger partial charge in [0.15, 0.2) is 17.0 Å². The monoisotopic (exact) mass is 338 g/mol. The van der Waals surface area contributed by atoms with Crippen LogP contribution in [-0.4, -0.2) is 62.5 Å². The zero-order valence-corrected chi connectivity index (χ0v) is 13.8. The summed E-state index contributed by atoms with van der Waals surface area (Å²) in [6.45, 7) is 1.00. The van der Waals surface area contributed by atoms with Crippen LogP contribution in [0, 0.1) is 0 Å². The van der Waals surface area contributed by atoms with E-state index in [0.29, 0.717) is 24.3 Å². The van der Waals surface area contributed by atoms with Crippen LogP contribution >= 0.6 is 9.24 Å². The van der Waals surface area contributed by atoms with E-state index >= 15 is 0 Å². The van der Waals surface area contributed by atoms with Crippen molar-refractivity contribution in [1.29, 1.82) is 0 Å². The van der Waals surface area contributed by atoms with Crippen LogP contribution in [0.3, 0.4) is 0 Å². The van der Waals surface area contributed by atoms with Gasteiger partial charge in [-0.3, -0.25) is 9.59 Å². The maximum absolute atomic E-state index is 12.4. The van der Waals surface area contributed by atoms with E-state index in [1.807, 2.05) is 0 Å². The number of carbonyl (C=O) groups is 2. The van der Waals surface area contributed by atoms with Gasteiger partial charge < -0.3 is 26.3 Å². The number of likely N-dealkylation sites (N-methyl/N-ethyl adjacent to an activating group) is 1. The molecule has 10 nitrogen and oxygen atoms in total. The molecule has 2 aromatic heterocycles. The first-order valence-corrected chi connectivity index (χ1v) is 7.44. The number of nitrogen functional groups attached to an aromatic ring is 2. The number of nitrogens with zero attached hydrogens (tertiary/aromatic N) is 5. The Balaban J connectivity index is 2.22. The van der Waals surface area contributed by atoms with Gasteiger partial charge in [-0.25, -0.2) is 4.98 Å². The van der Waals surface area contributed by atoms with Crippen molar-refractivity contribution in [3.63, 3.8) is 0 Å². The van der Waals surface area contributed by atoms with Crippen LogP contribution in [0.25, 0.3) is 11.2 Å². The molecule has 1 unspecified atom stereocenters. The molecule has 0 saturated heterocycles. The lowest BCUT2D eigenvalue weighted by Gasteiger charge is -2.21. The molecule has 11 heteroatoms. The Labute approximate surface area is 134 Å². The highest BCUT2D eigenvalue weighted by Gasteiger charge is 2.18. The number of anilines is 2. The molecule has 2 rings (SSSR count). The lowest BCUT2D eigenvalue weighted by atomic mass is 10.4. The lowest BCUT2D eigenvalue weighted by Crippen LogP contribution is -2.40. The molecule has 5 N–H and O–H groups in total. The van der Waals surface area contributed by atoms with Crippen molar-refractivity contribution in [2.45, 2.75) is 6.54 Å². The van der Waals surface area contributed by atoms with Crippen LogP contribution in [0.4, 0.5) is 11.8 Å². The van der Waals surface area contributed by atoms with Crippen molar-refractivity contribution in [3.05, 3.63) is 6.33 Å². The molecule has 0 fully saturated rings. The molecule has 0 spiro atoms. The predicted molar refractivity (Wildman–Crippen MR) is 89.4 cm³/mol. The molecule has 0 saturated carbocycles. The Kier molecular flexibility index (Phi) is 5.41. The van der Waals surface area contributed by atoms with Crippen LogP contribution in [0.15, 0.2) is 6.33 Å². The Bertz CT molecular complexity index is 731. The summed E-state index contributed by atoms with van der Waals surface area (Å²) in [7, 11) is 3.84. The normalized spacial score (nSPS) is 10.9. The van der Waals surface area contributed by atoms with E-state index in [1.54, 1.807) is 7.05 Å². The number of hydrogen-bond acceptors (Lipinski definition) is 8. The second-order valence-corrected chi connectivity index (χ2v) is 5.54. The quantitative estimate of drug-likeness (QED) is 0.514. The van der Waals surface area contributed by atoms with Crippen molar-refractivity contribution in [3.8, 4) is 0 Å². The summed E-state index contributed by atoms with van der Waals surface area (Å²) in [4.78, 5) is 37.2. The van der Waals surface area contributed by atoms with Gasteiger partial charge in [-0.15, -0.1) is 0 Å². The minimum Gasteiger partial charge on any atom is -0.382 e. The average Bonchev–Trinajstić information content (AvgIpc) is 2.86. The number of carbonyl (C=O) groups excluding carboxylic acids is 2. The third-order valence-corrected chi connectivity index (χ3v) is 3.33. The van der Waals surface area contributed by atoms with Crippen LogP contribution in [0.1, 0.15) is 0 Å². The van der Waals surface area contributed by atoms with Gasteiger partial charge in [-0.05, 0) is 7.05 Å². The number of aromatic nitrogens is 4. The summed E-state index contributed by atoms with van der Waals surface area (Å²) in [6, 6.07) is 0. The summed E-state index contributed by atoms with van der Waals surface area (Å²) in [5.74, 6) is -0.0617. The smallest absolute Gasteiger partial charge is 0.243 e. The Morgan fingerprint density at radius 2 is 2.13 bits per heavy atom. The number of nitrogens with two attached hydrogens (primary N) is 2. The Morgan fingerprint density at radius 3 is 2.78 bits per heavy atom. The van der Waals surface area contributed by atoms with Crippen LogP contribution < -0.4 is 16.8 Å². The van der Waals surface area contributed by atoms with Crippen molar-refractivity contribution in [2.75, 3.05) is 38.1 Å². The van der Waals surface area contributed by atoms with Crippen LogP contribution in [-0.2, 0) is 16.1 Å². The first-order chi connectivity index (χ1) is 10.9. The van der Waals surface area contributed by atoms with E-state index in [4.69, 9.17) is 11.5 Å². The second-order valence-electron chi connectivity index (χ2n) is 4.90. The first kappa shape index (κ1) is 17.0. The zero-order chi connectivity index (χ0) is 17.0. The highest BCUT2D eigenvalue weighted by atomic mass is 31.0. The summed E-state index contributed by atoms with van der Waals surface area (Å²) in [5, 5.41) is 2.94. The number of imidazole rings is 1. The summed E-state index contributed by atoms with van der Waals surface area (Å²) < 4.78 is 1.53. The molecule has 1 amide bonds. The molecular weight excluding hydrogens is 319 g/mol. The van der Waals surface area contributed by atoms with Crippen molar-refractivity contribution >= 4 is 43.6 Å². The fourth-order valence-corrected chi connectivity index (χ4v) is 2.29. The van der Waals surface area contributed by atoms with E-state index in [1.165, 1.54) is 15.8 Å². The van der Waals surface area contributed by atoms with E-state index in [0.717, 1.165) is 0 Å². The average molecular weight is 338 g/mol. The Hall–Kier alpha value is -2.32. The van der Waals surface area contributed by atoms with Crippen LogP contribution in [0.2, 0.25) is 0 Å². The lowest BCUT2D eigenvalue weighted by molar-refractivity contribution is -0.134. The van der Waals surface area contributed by atoms with Crippen molar-refractivity contribution in [2.24, 2.45) is 0 Å². The third-order valence-electron chi connectivity index (χ3n) is 3.14. The number of rotatable bonds is 7. The largest absolute Gasteiger partial charge is 0.382 e. The second kappa shape index (κ2) is 7.30. The predicted octanol–water partition coefficient (Wildman–Crippen LogP) is -1.56. The summed E-state index contributed by atoms with van der Waals surface area (Å²) >= 11 is 0. The third kappa shape index (κ3) is 4.11. The van der Waals surface area contributed by atoms with E-state index in [-0.39, 0.29) is 36.3 Å². The highest BCUT2D eigenvalue weighted by molar-refractivity contribution is 7.40. The molecule has 0 aromatic carbocycles. The standard InChI is InChI=1S/C12H19N8O2P/c1-15-2-3-19(5-8(22)23)7(21)4-20-6-16-9-10(13)17-12(14)18-11(9)20/h6,15H,2-5,23H2,1H3,(H4,13,14,17,18). The van der Waals surface area contributed by atoms with Gasteiger partial charge in [0, 0.05) is 13.1 Å². The molecule has 2 heterocycles. The number of nitrogens with one attached hydrogen (secondary N) is 1. The molecule has 0 radical (unpaired) electrons. The summed E-state index contributed by atoms with van der Waals surface area (Å²) in [6.07, 6.45) is 1.45. The summed E-state index contributed by atoms with van der Waals surface area (Å²) in [5.41, 5.74) is 11.9. The molecule has 0 aliphatic rings. The molecular formula is C12H19N8O2P. The molecule has 2 aromatic rings. The van der Waals surface area contributed by atoms with E-state index in [9.17, 15) is 9.59 Å². The van der Waals surface area contributed by atoms with Gasteiger partial charge in [0.2, 0.25) is 11.9 Å². The van der Waals surface area contributed by atoms with Gasteiger partial charge in [0.05, 0.1) is 12.9 Å². The fraction of sp³-hybridized carbons (Fsp3) is 0.417. The SMILES string of the molecule is CNCCN(CC(=O)P)C(=O)Cn1cnc2c(N)nc(N)nc21. The van der Waals surface area contributed by atoms with E-state index < -0.39 is 0 Å². The Morgan fingerprint density at radius 1 is 1.39 bits per heavy atom. The van der Waals surface area contributed by atoms with Crippen LogP contribution in [0.5, 0.6) is 0 Å². The topological polar surface area (TPSA) is 145 Å². The number of hydrogen-bond donors (Lipinski definition) is 3.